The molecule has 4 amide bonds. The number of allylic oxidation sites excluding steroid dienone is 2. The molecule has 4 rings (SSSR count). The van der Waals surface area contributed by atoms with Crippen LogP contribution in [0, 0.1) is 5.41 Å². The number of pyridine rings is 1. The van der Waals surface area contributed by atoms with Crippen LogP contribution in [-0.2, 0) is 29.1 Å². The molecule has 0 unspecified atom stereocenters. The Bertz CT molecular complexity index is 1830. The molecule has 2 aliphatic rings. The van der Waals surface area contributed by atoms with Gasteiger partial charge in [-0.3, -0.25) is 14.4 Å². The molecule has 3 N–H and O–H groups in total. The number of likely N-dealkylation sites (tertiary alicyclic amines) is 1. The first kappa shape index (κ1) is 39.5. The molecule has 1 aliphatic heterocycles. The lowest BCUT2D eigenvalue weighted by Gasteiger charge is -2.35. The highest BCUT2D eigenvalue weighted by molar-refractivity contribution is 7.99. The lowest BCUT2D eigenvalue weighted by atomic mass is 9.85. The van der Waals surface area contributed by atoms with Gasteiger partial charge in [-0.05, 0) is 69.6 Å². The number of amides is 4. The van der Waals surface area contributed by atoms with Gasteiger partial charge >= 0.3 is 6.09 Å². The van der Waals surface area contributed by atoms with Crippen LogP contribution in [-0.4, -0.2) is 91.1 Å². The molecule has 3 atom stereocenters. The number of methoxy groups -OCH3 is 1. The zero-order valence-electron chi connectivity index (χ0n) is 30.2. The normalized spacial score (nSPS) is 18.8. The number of hydrogen-bond acceptors (Lipinski definition) is 11. The van der Waals surface area contributed by atoms with Crippen LogP contribution in [0.1, 0.15) is 60.8 Å². The highest BCUT2D eigenvalue weighted by atomic mass is 32.2. The monoisotopic (exact) mass is 745 g/mol. The minimum Gasteiger partial charge on any atom is -0.496 e. The molecule has 1 saturated heterocycles. The highest BCUT2D eigenvalue weighted by Crippen LogP contribution is 2.38. The topological polar surface area (TPSA) is 182 Å². The maximum absolute atomic E-state index is 14.4. The van der Waals surface area contributed by atoms with E-state index in [-0.39, 0.29) is 24.5 Å². The first-order valence-corrected chi connectivity index (χ1v) is 19.2. The Kier molecular flexibility index (Phi) is 12.0. The molecule has 0 radical (unpaired) electrons. The minimum absolute atomic E-state index is 0.0200. The fourth-order valence-corrected chi connectivity index (χ4v) is 7.61. The van der Waals surface area contributed by atoms with Crippen molar-refractivity contribution in [2.24, 2.45) is 5.41 Å². The van der Waals surface area contributed by atoms with Crippen LogP contribution in [0.2, 0.25) is 0 Å². The average molecular weight is 746 g/mol. The second-order valence-electron chi connectivity index (χ2n) is 14.4. The van der Waals surface area contributed by atoms with Crippen LogP contribution in [0.4, 0.5) is 4.79 Å². The molecule has 2 heterocycles. The molecular weight excluding hydrogens is 699 g/mol. The van der Waals surface area contributed by atoms with E-state index >= 15 is 0 Å². The molecule has 1 aliphatic carbocycles. The van der Waals surface area contributed by atoms with Crippen LogP contribution in [0.15, 0.2) is 53.7 Å². The summed E-state index contributed by atoms with van der Waals surface area (Å²) in [5, 5.41) is 6.03. The smallest absolute Gasteiger partial charge is 0.408 e. The van der Waals surface area contributed by atoms with Crippen LogP contribution in [0.5, 0.6) is 11.6 Å². The summed E-state index contributed by atoms with van der Waals surface area (Å²) in [6.45, 7) is 13.9. The maximum Gasteiger partial charge on any atom is 0.408 e. The third-order valence-corrected chi connectivity index (χ3v) is 10.8. The number of rotatable bonds is 12. The number of hydrogen-bond donors (Lipinski definition) is 3. The number of fused-ring (bicyclic) bond motifs is 1. The summed E-state index contributed by atoms with van der Waals surface area (Å²) in [5.41, 5.74) is -2.04. The summed E-state index contributed by atoms with van der Waals surface area (Å²) in [7, 11) is -2.34. The number of ether oxygens (including phenoxy) is 3. The van der Waals surface area contributed by atoms with Gasteiger partial charge in [0.2, 0.25) is 27.7 Å². The van der Waals surface area contributed by atoms with E-state index in [1.54, 1.807) is 54.8 Å². The number of nitrogens with zero attached hydrogens (tertiary/aromatic N) is 2. The molecule has 278 valence electrons. The molecule has 1 aromatic carbocycles. The summed E-state index contributed by atoms with van der Waals surface area (Å²) in [6, 6.07) is 3.13. The van der Waals surface area contributed by atoms with Crippen molar-refractivity contribution in [3.63, 3.8) is 0 Å². The zero-order chi connectivity index (χ0) is 37.9. The Morgan fingerprint density at radius 1 is 1.08 bits per heavy atom. The molecular formula is C35H47N5O9S2. The van der Waals surface area contributed by atoms with E-state index in [0.717, 1.165) is 10.3 Å². The largest absolute Gasteiger partial charge is 0.496 e. The van der Waals surface area contributed by atoms with E-state index in [1.165, 1.54) is 28.8 Å². The number of alkyl carbamates (subject to hydrolysis) is 1. The summed E-state index contributed by atoms with van der Waals surface area (Å²) in [6.07, 6.45) is 5.20. The molecule has 14 nitrogen and oxygen atoms in total. The Morgan fingerprint density at radius 2 is 1.76 bits per heavy atom. The second-order valence-corrected chi connectivity index (χ2v) is 17.2. The average Bonchev–Trinajstić information content (AvgIpc) is 3.82. The third-order valence-electron chi connectivity index (χ3n) is 8.13. The number of thioether (sulfide) groups is 1. The SMILES string of the molecule is C=C/C=C(/NC(=O)[C@@H]1C[C@@H](Oc2nccc3c(SC)c(OC)ccc23)CN1C(=O)[C@@H](NC(=O)OC(C)(C)C)C(C)(C)C)C(=O)NS(=O)(=O)C1CC1. The lowest BCUT2D eigenvalue weighted by molar-refractivity contribution is -0.142. The zero-order valence-corrected chi connectivity index (χ0v) is 31.8. The van der Waals surface area contributed by atoms with Crippen molar-refractivity contribution in [1.82, 2.24) is 25.2 Å². The van der Waals surface area contributed by atoms with Gasteiger partial charge in [0, 0.05) is 23.4 Å². The van der Waals surface area contributed by atoms with Crippen molar-refractivity contribution in [3.8, 4) is 11.6 Å². The van der Waals surface area contributed by atoms with Gasteiger partial charge < -0.3 is 29.7 Å². The number of nitrogens with one attached hydrogen (secondary N) is 3. The Hall–Kier alpha value is -4.31. The Morgan fingerprint density at radius 3 is 2.33 bits per heavy atom. The van der Waals surface area contributed by atoms with Crippen molar-refractivity contribution in [2.45, 2.75) is 94.7 Å². The van der Waals surface area contributed by atoms with E-state index in [9.17, 15) is 27.6 Å². The van der Waals surface area contributed by atoms with Crippen molar-refractivity contribution in [3.05, 3.63) is 48.8 Å². The van der Waals surface area contributed by atoms with Crippen LogP contribution in [0.3, 0.4) is 0 Å². The standard InChI is InChI=1S/C35H47N5O9S2/c1-10-11-24(29(41)39-51(45,46)21-12-13-21)37-30(42)25-18-20(48-31-23-14-15-26(47-8)27(50-9)22(23)16-17-36-31)19-40(25)32(43)28(34(2,3)4)38-33(44)49-35(5,6)7/h10-11,14-17,20-21,25,28H,1,12-13,18-19H2,2-9H3,(H,37,42)(H,38,44)(H,39,41)/b24-11+/t20-,25+,28-/m1/s1. The highest BCUT2D eigenvalue weighted by Gasteiger charge is 2.47. The number of carbonyl (C=O) groups is 4. The van der Waals surface area contributed by atoms with Gasteiger partial charge in [0.1, 0.15) is 35.2 Å². The number of carbonyl (C=O) groups excluding carboxylic acids is 4. The van der Waals surface area contributed by atoms with E-state index in [1.807, 2.05) is 29.2 Å². The van der Waals surface area contributed by atoms with Crippen LogP contribution in [0.25, 0.3) is 10.8 Å². The van der Waals surface area contributed by atoms with Crippen LogP contribution < -0.4 is 24.8 Å². The van der Waals surface area contributed by atoms with Crippen molar-refractivity contribution in [2.75, 3.05) is 19.9 Å². The first-order valence-electron chi connectivity index (χ1n) is 16.5. The number of aromatic nitrogens is 1. The van der Waals surface area contributed by atoms with Gasteiger partial charge in [-0.25, -0.2) is 22.9 Å². The fraction of sp³-hybridized carbons (Fsp3) is 0.514. The Labute approximate surface area is 303 Å². The molecule has 0 spiro atoms. The van der Waals surface area contributed by atoms with E-state index in [4.69, 9.17) is 14.2 Å². The van der Waals surface area contributed by atoms with Gasteiger partial charge in [-0.15, -0.1) is 11.8 Å². The third kappa shape index (κ3) is 9.73. The van der Waals surface area contributed by atoms with Gasteiger partial charge in [0.15, 0.2) is 0 Å². The molecule has 51 heavy (non-hydrogen) atoms. The molecule has 0 bridgehead atoms. The number of sulfonamides is 1. The van der Waals surface area contributed by atoms with E-state index in [2.05, 4.69) is 22.2 Å². The van der Waals surface area contributed by atoms with Crippen molar-refractivity contribution >= 4 is 56.4 Å². The summed E-state index contributed by atoms with van der Waals surface area (Å²) < 4.78 is 44.4. The summed E-state index contributed by atoms with van der Waals surface area (Å²) in [4.78, 5) is 61.0. The van der Waals surface area contributed by atoms with Gasteiger partial charge in [0.05, 0.1) is 23.8 Å². The molecule has 1 saturated carbocycles. The molecule has 2 aromatic rings. The second kappa shape index (κ2) is 15.5. The first-order chi connectivity index (χ1) is 23.8. The van der Waals surface area contributed by atoms with Crippen molar-refractivity contribution < 1.29 is 41.8 Å². The number of benzene rings is 1. The quantitative estimate of drug-likeness (QED) is 0.162. The van der Waals surface area contributed by atoms with E-state index in [0.29, 0.717) is 24.0 Å². The minimum atomic E-state index is -3.93. The molecule has 1 aromatic heterocycles. The van der Waals surface area contributed by atoms with E-state index < -0.39 is 68.3 Å². The van der Waals surface area contributed by atoms with Crippen LogP contribution >= 0.6 is 11.8 Å². The fourth-order valence-electron chi connectivity index (χ4n) is 5.57. The van der Waals surface area contributed by atoms with Gasteiger partial charge in [0.25, 0.3) is 5.91 Å². The molecule has 2 fully saturated rings. The predicted octanol–water partition coefficient (Wildman–Crippen LogP) is 4.05. The Balaban J connectivity index is 1.68. The van der Waals surface area contributed by atoms with Crippen molar-refractivity contribution in [1.29, 1.82) is 0 Å². The van der Waals surface area contributed by atoms with Gasteiger partial charge in [-0.1, -0.05) is 33.4 Å². The summed E-state index contributed by atoms with van der Waals surface area (Å²) >= 11 is 1.50. The molecule has 16 heteroatoms. The summed E-state index contributed by atoms with van der Waals surface area (Å²) in [5.74, 6) is -1.44. The lowest BCUT2D eigenvalue weighted by Crippen LogP contribution is -2.58. The van der Waals surface area contributed by atoms with Gasteiger partial charge in [-0.2, -0.15) is 0 Å². The maximum atomic E-state index is 14.4. The predicted molar refractivity (Wildman–Crippen MR) is 194 cm³/mol.